The lowest BCUT2D eigenvalue weighted by molar-refractivity contribution is -0.251. The Labute approximate surface area is 80.3 Å². The van der Waals surface area contributed by atoms with E-state index in [4.69, 9.17) is 4.74 Å². The summed E-state index contributed by atoms with van der Waals surface area (Å²) in [5, 5.41) is 10.4. The fraction of sp³-hybridized carbons (Fsp3) is 1.00. The lowest BCUT2D eigenvalue weighted by Crippen LogP contribution is -2.66. The van der Waals surface area contributed by atoms with Gasteiger partial charge in [-0.3, -0.25) is 0 Å². The summed E-state index contributed by atoms with van der Waals surface area (Å²) in [6.45, 7) is 6.47. The molecule has 2 heteroatoms. The van der Waals surface area contributed by atoms with Crippen LogP contribution in [0.2, 0.25) is 0 Å². The summed E-state index contributed by atoms with van der Waals surface area (Å²) >= 11 is 0. The van der Waals surface area contributed by atoms with Gasteiger partial charge in [0.1, 0.15) is 0 Å². The van der Waals surface area contributed by atoms with Gasteiger partial charge in [0.05, 0.1) is 11.7 Å². The predicted molar refractivity (Wildman–Crippen MR) is 51.4 cm³/mol. The molecule has 0 aromatic heterocycles. The molecule has 2 unspecified atom stereocenters. The number of fused-ring (bicyclic) bond motifs is 2. The van der Waals surface area contributed by atoms with E-state index >= 15 is 0 Å². The van der Waals surface area contributed by atoms with Gasteiger partial charge in [-0.25, -0.2) is 0 Å². The molecule has 0 heterocycles. The normalized spacial score (nSPS) is 52.8. The molecule has 3 rings (SSSR count). The van der Waals surface area contributed by atoms with Crippen molar-refractivity contribution in [2.45, 2.75) is 45.3 Å². The Bertz CT molecular complexity index is 220. The summed E-state index contributed by atoms with van der Waals surface area (Å²) in [6.07, 6.45) is 2.25. The van der Waals surface area contributed by atoms with E-state index in [1.165, 1.54) is 6.42 Å². The molecule has 0 aliphatic heterocycles. The van der Waals surface area contributed by atoms with E-state index in [1.54, 1.807) is 7.11 Å². The minimum Gasteiger partial charge on any atom is -0.387 e. The molecule has 13 heavy (non-hydrogen) atoms. The highest BCUT2D eigenvalue weighted by molar-refractivity contribution is 5.12. The van der Waals surface area contributed by atoms with Crippen molar-refractivity contribution < 1.29 is 9.84 Å². The number of hydrogen-bond acceptors (Lipinski definition) is 2. The Balaban J connectivity index is 2.23. The number of aliphatic hydroxyl groups is 1. The number of hydrogen-bond donors (Lipinski definition) is 1. The van der Waals surface area contributed by atoms with Crippen molar-refractivity contribution in [3.63, 3.8) is 0 Å². The van der Waals surface area contributed by atoms with E-state index in [-0.39, 0.29) is 6.10 Å². The van der Waals surface area contributed by atoms with Crippen LogP contribution in [0.1, 0.15) is 33.6 Å². The van der Waals surface area contributed by atoms with E-state index in [1.807, 2.05) is 6.92 Å². The van der Waals surface area contributed by atoms with Crippen LogP contribution in [0, 0.1) is 17.3 Å². The fourth-order valence-corrected chi connectivity index (χ4v) is 3.46. The molecular weight excluding hydrogens is 164 g/mol. The van der Waals surface area contributed by atoms with Gasteiger partial charge in [-0.15, -0.1) is 0 Å². The van der Waals surface area contributed by atoms with Crippen LogP contribution in [-0.4, -0.2) is 23.9 Å². The molecular formula is C11H20O2. The standard InChI is InChI=1S/C11H20O2/c1-10(2)7-5-8(10)11(3,12)9(6-7)13-4/h7-9,12H,5-6H2,1-4H3/t7-,8-,9?,11?/m1/s1. The minimum absolute atomic E-state index is 0.0456. The summed E-state index contributed by atoms with van der Waals surface area (Å²) in [6, 6.07) is 0. The molecule has 4 atom stereocenters. The van der Waals surface area contributed by atoms with Crippen LogP contribution >= 0.6 is 0 Å². The van der Waals surface area contributed by atoms with Gasteiger partial charge in [0.25, 0.3) is 0 Å². The Morgan fingerprint density at radius 2 is 1.85 bits per heavy atom. The van der Waals surface area contributed by atoms with E-state index in [0.717, 1.165) is 12.3 Å². The highest BCUT2D eigenvalue weighted by atomic mass is 16.5. The Hall–Kier alpha value is -0.0800. The molecule has 2 bridgehead atoms. The first kappa shape index (κ1) is 9.47. The number of ether oxygens (including phenoxy) is 1. The number of rotatable bonds is 1. The van der Waals surface area contributed by atoms with Crippen molar-refractivity contribution in [3.8, 4) is 0 Å². The summed E-state index contributed by atoms with van der Waals surface area (Å²) in [5.74, 6) is 1.17. The van der Waals surface area contributed by atoms with Gasteiger partial charge in [-0.1, -0.05) is 13.8 Å². The third-order valence-electron chi connectivity index (χ3n) is 4.61. The van der Waals surface area contributed by atoms with Gasteiger partial charge in [-0.2, -0.15) is 0 Å². The first-order valence-electron chi connectivity index (χ1n) is 5.16. The van der Waals surface area contributed by atoms with Gasteiger partial charge in [0.2, 0.25) is 0 Å². The molecule has 3 aliphatic rings. The van der Waals surface area contributed by atoms with Gasteiger partial charge >= 0.3 is 0 Å². The first-order valence-corrected chi connectivity index (χ1v) is 5.16. The molecule has 0 radical (unpaired) electrons. The molecule has 3 fully saturated rings. The molecule has 3 saturated carbocycles. The SMILES string of the molecule is COC1C[C@H]2C[C@@H](C1(C)O)C2(C)C. The molecule has 0 spiro atoms. The highest BCUT2D eigenvalue weighted by Crippen LogP contribution is 2.62. The molecule has 0 amide bonds. The Morgan fingerprint density at radius 1 is 1.23 bits per heavy atom. The van der Waals surface area contributed by atoms with Crippen molar-refractivity contribution >= 4 is 0 Å². The third kappa shape index (κ3) is 1.02. The first-order chi connectivity index (χ1) is 5.90. The lowest BCUT2D eigenvalue weighted by atomic mass is 9.43. The third-order valence-corrected chi connectivity index (χ3v) is 4.61. The van der Waals surface area contributed by atoms with Crippen molar-refractivity contribution in [2.75, 3.05) is 7.11 Å². The van der Waals surface area contributed by atoms with Crippen LogP contribution in [-0.2, 0) is 4.74 Å². The smallest absolute Gasteiger partial charge is 0.0913 e. The molecule has 0 aromatic carbocycles. The average molecular weight is 184 g/mol. The zero-order valence-electron chi connectivity index (χ0n) is 9.00. The fourth-order valence-electron chi connectivity index (χ4n) is 3.46. The maximum atomic E-state index is 10.4. The zero-order valence-corrected chi connectivity index (χ0v) is 9.00. The second kappa shape index (κ2) is 2.48. The second-order valence-electron chi connectivity index (χ2n) is 5.49. The summed E-state index contributed by atoms with van der Waals surface area (Å²) in [4.78, 5) is 0. The van der Waals surface area contributed by atoms with Crippen molar-refractivity contribution in [1.29, 1.82) is 0 Å². The Kier molecular flexibility index (Phi) is 1.81. The Morgan fingerprint density at radius 3 is 2.23 bits per heavy atom. The molecule has 3 aliphatic carbocycles. The van der Waals surface area contributed by atoms with Crippen LogP contribution in [0.3, 0.4) is 0 Å². The van der Waals surface area contributed by atoms with E-state index in [2.05, 4.69) is 13.8 Å². The molecule has 1 N–H and O–H groups in total. The van der Waals surface area contributed by atoms with Crippen molar-refractivity contribution in [3.05, 3.63) is 0 Å². The summed E-state index contributed by atoms with van der Waals surface area (Å²) in [5.41, 5.74) is -0.300. The highest BCUT2D eigenvalue weighted by Gasteiger charge is 2.62. The maximum absolute atomic E-state index is 10.4. The topological polar surface area (TPSA) is 29.5 Å². The summed E-state index contributed by atoms with van der Waals surface area (Å²) in [7, 11) is 1.71. The molecule has 76 valence electrons. The van der Waals surface area contributed by atoms with Crippen LogP contribution < -0.4 is 0 Å². The van der Waals surface area contributed by atoms with Crippen LogP contribution in [0.15, 0.2) is 0 Å². The second-order valence-corrected chi connectivity index (χ2v) is 5.49. The summed E-state index contributed by atoms with van der Waals surface area (Å²) < 4.78 is 5.35. The largest absolute Gasteiger partial charge is 0.387 e. The van der Waals surface area contributed by atoms with Gasteiger partial charge in [-0.05, 0) is 37.0 Å². The van der Waals surface area contributed by atoms with Crippen LogP contribution in [0.4, 0.5) is 0 Å². The zero-order chi connectivity index (χ0) is 9.85. The molecule has 2 nitrogen and oxygen atoms in total. The molecule has 0 aromatic rings. The molecule has 0 saturated heterocycles. The van der Waals surface area contributed by atoms with E-state index in [0.29, 0.717) is 11.3 Å². The van der Waals surface area contributed by atoms with E-state index < -0.39 is 5.60 Å². The monoisotopic (exact) mass is 184 g/mol. The van der Waals surface area contributed by atoms with Crippen LogP contribution in [0.25, 0.3) is 0 Å². The quantitative estimate of drug-likeness (QED) is 0.673. The average Bonchev–Trinajstić information content (AvgIpc) is 2.01. The predicted octanol–water partition coefficient (Wildman–Crippen LogP) is 1.82. The van der Waals surface area contributed by atoms with Crippen LogP contribution in [0.5, 0.6) is 0 Å². The van der Waals surface area contributed by atoms with Gasteiger partial charge < -0.3 is 9.84 Å². The minimum atomic E-state index is -0.618. The maximum Gasteiger partial charge on any atom is 0.0913 e. The van der Waals surface area contributed by atoms with Gasteiger partial charge in [0, 0.05) is 7.11 Å². The lowest BCUT2D eigenvalue weighted by Gasteiger charge is -2.64. The van der Waals surface area contributed by atoms with Gasteiger partial charge in [0.15, 0.2) is 0 Å². The van der Waals surface area contributed by atoms with E-state index in [9.17, 15) is 5.11 Å². The van der Waals surface area contributed by atoms with Crippen molar-refractivity contribution in [1.82, 2.24) is 0 Å². The van der Waals surface area contributed by atoms with Crippen molar-refractivity contribution in [2.24, 2.45) is 17.3 Å². The number of methoxy groups -OCH3 is 1.